The minimum Gasteiger partial charge on any atom is -0.454 e. The zero-order chi connectivity index (χ0) is 17.0. The first-order valence-corrected chi connectivity index (χ1v) is 8.68. The molecule has 0 spiro atoms. The van der Waals surface area contributed by atoms with E-state index >= 15 is 0 Å². The summed E-state index contributed by atoms with van der Waals surface area (Å²) in [6, 6.07) is 7.21. The molecule has 0 radical (unpaired) electrons. The predicted molar refractivity (Wildman–Crippen MR) is 91.8 cm³/mol. The van der Waals surface area contributed by atoms with Crippen molar-refractivity contribution in [2.24, 2.45) is 0 Å². The van der Waals surface area contributed by atoms with Gasteiger partial charge in [0.2, 0.25) is 11.9 Å². The summed E-state index contributed by atoms with van der Waals surface area (Å²) in [5.74, 6) is 1.77. The second-order valence-corrected chi connectivity index (χ2v) is 6.17. The minimum atomic E-state index is -0.188. The van der Waals surface area contributed by atoms with Gasteiger partial charge in [0.1, 0.15) is 0 Å². The molecule has 0 saturated heterocycles. The number of benzene rings is 1. The van der Waals surface area contributed by atoms with Gasteiger partial charge in [0.15, 0.2) is 11.5 Å². The highest BCUT2D eigenvalue weighted by molar-refractivity contribution is 7.98. The molecule has 0 bridgehead atoms. The van der Waals surface area contributed by atoms with Gasteiger partial charge in [0, 0.05) is 18.5 Å². The van der Waals surface area contributed by atoms with E-state index in [9.17, 15) is 4.79 Å². The fourth-order valence-electron chi connectivity index (χ4n) is 2.83. The second-order valence-electron chi connectivity index (χ2n) is 5.40. The van der Waals surface area contributed by atoms with Crippen LogP contribution in [0.4, 0.5) is 0 Å². The van der Waals surface area contributed by atoms with Gasteiger partial charge in [-0.15, -0.1) is 5.10 Å². The maximum atomic E-state index is 12.9. The number of fused-ring (bicyclic) bond motifs is 4. The first kappa shape index (κ1) is 14.3. The van der Waals surface area contributed by atoms with Gasteiger partial charge in [-0.05, 0) is 24.5 Å². The fourth-order valence-corrected chi connectivity index (χ4v) is 3.16. The molecule has 0 aliphatic carbocycles. The van der Waals surface area contributed by atoms with Crippen molar-refractivity contribution in [1.82, 2.24) is 24.1 Å². The molecule has 0 atom stereocenters. The number of ether oxygens (including phenoxy) is 2. The van der Waals surface area contributed by atoms with Crippen molar-refractivity contribution < 1.29 is 9.47 Å². The average Bonchev–Trinajstić information content (AvgIpc) is 3.27. The van der Waals surface area contributed by atoms with Gasteiger partial charge >= 0.3 is 0 Å². The van der Waals surface area contributed by atoms with Crippen LogP contribution in [0.2, 0.25) is 0 Å². The molecule has 8 nitrogen and oxygen atoms in total. The molecule has 5 rings (SSSR count). The van der Waals surface area contributed by atoms with Crippen LogP contribution in [-0.2, 0) is 0 Å². The monoisotopic (exact) mass is 353 g/mol. The van der Waals surface area contributed by atoms with Gasteiger partial charge in [-0.25, -0.2) is 4.98 Å². The van der Waals surface area contributed by atoms with Crippen LogP contribution in [0.15, 0.2) is 46.6 Å². The Kier molecular flexibility index (Phi) is 2.98. The third kappa shape index (κ3) is 2.09. The van der Waals surface area contributed by atoms with Gasteiger partial charge in [0.05, 0.1) is 16.6 Å². The first-order chi connectivity index (χ1) is 12.2. The number of pyridine rings is 1. The van der Waals surface area contributed by atoms with Crippen molar-refractivity contribution in [1.29, 1.82) is 0 Å². The van der Waals surface area contributed by atoms with Crippen molar-refractivity contribution in [3.8, 4) is 17.2 Å². The first-order valence-electron chi connectivity index (χ1n) is 7.46. The lowest BCUT2D eigenvalue weighted by Gasteiger charge is -2.08. The Balaban J connectivity index is 1.74. The van der Waals surface area contributed by atoms with Crippen molar-refractivity contribution in [2.75, 3.05) is 13.0 Å². The summed E-state index contributed by atoms with van der Waals surface area (Å²) in [6.45, 7) is 0.192. The normalized spacial score (nSPS) is 13.0. The van der Waals surface area contributed by atoms with E-state index in [1.54, 1.807) is 27.4 Å². The number of thioether (sulfide) groups is 1. The molecule has 0 amide bonds. The van der Waals surface area contributed by atoms with Crippen LogP contribution in [0, 0.1) is 0 Å². The highest BCUT2D eigenvalue weighted by Crippen LogP contribution is 2.33. The summed E-state index contributed by atoms with van der Waals surface area (Å²) in [4.78, 5) is 21.5. The summed E-state index contributed by atoms with van der Waals surface area (Å²) in [6.07, 6.45) is 5.14. The van der Waals surface area contributed by atoms with Gasteiger partial charge in [-0.1, -0.05) is 11.8 Å². The van der Waals surface area contributed by atoms with Crippen LogP contribution < -0.4 is 15.0 Å². The van der Waals surface area contributed by atoms with E-state index in [4.69, 9.17) is 9.47 Å². The number of hydrogen-bond donors (Lipinski definition) is 0. The molecule has 0 unspecified atom stereocenters. The van der Waals surface area contributed by atoms with Crippen LogP contribution in [0.25, 0.3) is 22.4 Å². The molecule has 25 heavy (non-hydrogen) atoms. The van der Waals surface area contributed by atoms with E-state index in [1.807, 2.05) is 18.4 Å². The maximum absolute atomic E-state index is 12.9. The molecule has 9 heteroatoms. The molecule has 4 aromatic rings. The van der Waals surface area contributed by atoms with Crippen molar-refractivity contribution in [2.45, 2.75) is 5.16 Å². The van der Waals surface area contributed by atoms with Crippen molar-refractivity contribution in [3.63, 3.8) is 0 Å². The lowest BCUT2D eigenvalue weighted by Crippen LogP contribution is -2.18. The smallest absolute Gasteiger partial charge is 0.266 e. The van der Waals surface area contributed by atoms with Crippen LogP contribution in [-0.4, -0.2) is 37.2 Å². The largest absolute Gasteiger partial charge is 0.454 e. The Hall–Kier alpha value is -3.07. The molecule has 0 fully saturated rings. The number of aromatic nitrogens is 5. The molecule has 3 aromatic heterocycles. The third-order valence-corrected chi connectivity index (χ3v) is 4.57. The van der Waals surface area contributed by atoms with Crippen LogP contribution in [0.3, 0.4) is 0 Å². The van der Waals surface area contributed by atoms with E-state index in [0.29, 0.717) is 39.0 Å². The average molecular weight is 353 g/mol. The molecular weight excluding hydrogens is 342 g/mol. The zero-order valence-corrected chi connectivity index (χ0v) is 13.9. The predicted octanol–water partition coefficient (Wildman–Crippen LogP) is 1.88. The maximum Gasteiger partial charge on any atom is 0.266 e. The Morgan fingerprint density at radius 2 is 2.08 bits per heavy atom. The Bertz CT molecular complexity index is 1200. The number of nitrogens with zero attached hydrogens (tertiary/aromatic N) is 5. The van der Waals surface area contributed by atoms with Crippen molar-refractivity contribution >= 4 is 28.4 Å². The number of rotatable bonds is 2. The third-order valence-electron chi connectivity index (χ3n) is 4.03. The molecule has 1 aliphatic rings. The molecule has 0 N–H and O–H groups in total. The Morgan fingerprint density at radius 3 is 2.96 bits per heavy atom. The van der Waals surface area contributed by atoms with E-state index in [1.165, 1.54) is 18.0 Å². The van der Waals surface area contributed by atoms with Gasteiger partial charge in [-0.3, -0.25) is 9.36 Å². The highest BCUT2D eigenvalue weighted by atomic mass is 32.2. The summed E-state index contributed by atoms with van der Waals surface area (Å²) in [5, 5.41) is 5.45. The molecule has 0 saturated carbocycles. The molecule has 4 heterocycles. The second kappa shape index (κ2) is 5.21. The van der Waals surface area contributed by atoms with Crippen molar-refractivity contribution in [3.05, 3.63) is 47.0 Å². The Morgan fingerprint density at radius 1 is 1.20 bits per heavy atom. The van der Waals surface area contributed by atoms with E-state index in [0.717, 1.165) is 0 Å². The summed E-state index contributed by atoms with van der Waals surface area (Å²) >= 11 is 1.43. The quantitative estimate of drug-likeness (QED) is 0.509. The molecular formula is C16H11N5O3S. The van der Waals surface area contributed by atoms with E-state index in [2.05, 4.69) is 15.1 Å². The molecule has 124 valence electrons. The lowest BCUT2D eigenvalue weighted by molar-refractivity contribution is 0.174. The zero-order valence-electron chi connectivity index (χ0n) is 13.0. The SMILES string of the molecule is CSc1nc2ncc3c(=O)n(-c4ccc5c(c4)OCO5)ccc3n2n1. The lowest BCUT2D eigenvalue weighted by atomic mass is 10.2. The molecule has 1 aromatic carbocycles. The fraction of sp³-hybridized carbons (Fsp3) is 0.125. The van der Waals surface area contributed by atoms with E-state index in [-0.39, 0.29) is 12.4 Å². The highest BCUT2D eigenvalue weighted by Gasteiger charge is 2.16. The van der Waals surface area contributed by atoms with Gasteiger partial charge in [-0.2, -0.15) is 9.50 Å². The standard InChI is InChI=1S/C16H11N5O3S/c1-25-16-18-15-17-7-10-11(21(15)19-16)4-5-20(14(10)22)9-2-3-12-13(6-9)24-8-23-12/h2-7H,8H2,1H3. The summed E-state index contributed by atoms with van der Waals surface area (Å²) in [5.41, 5.74) is 1.17. The van der Waals surface area contributed by atoms with Crippen LogP contribution in [0.5, 0.6) is 11.5 Å². The van der Waals surface area contributed by atoms with Gasteiger partial charge in [0.25, 0.3) is 11.3 Å². The summed E-state index contributed by atoms with van der Waals surface area (Å²) < 4.78 is 13.8. The minimum absolute atomic E-state index is 0.188. The van der Waals surface area contributed by atoms with Gasteiger partial charge < -0.3 is 9.47 Å². The Labute approximate surface area is 145 Å². The topological polar surface area (TPSA) is 83.5 Å². The van der Waals surface area contributed by atoms with Crippen LogP contribution >= 0.6 is 11.8 Å². The van der Waals surface area contributed by atoms with E-state index < -0.39 is 0 Å². The summed E-state index contributed by atoms with van der Waals surface area (Å²) in [7, 11) is 0. The van der Waals surface area contributed by atoms with Crippen LogP contribution in [0.1, 0.15) is 0 Å². The molecule has 1 aliphatic heterocycles. The number of hydrogen-bond acceptors (Lipinski definition) is 7.